The topological polar surface area (TPSA) is 44.8 Å². The van der Waals surface area contributed by atoms with Gasteiger partial charge in [0.2, 0.25) is 6.79 Å². The first-order valence-corrected chi connectivity index (χ1v) is 6.02. The first-order valence-electron chi connectivity index (χ1n) is 6.02. The number of carbonyl (C=O) groups excluding carboxylic acids is 1. The van der Waals surface area contributed by atoms with E-state index >= 15 is 0 Å². The highest BCUT2D eigenvalue weighted by Crippen LogP contribution is 2.37. The van der Waals surface area contributed by atoms with E-state index in [-0.39, 0.29) is 19.2 Å². The van der Waals surface area contributed by atoms with Gasteiger partial charge in [0.05, 0.1) is 5.56 Å². The van der Waals surface area contributed by atoms with Gasteiger partial charge < -0.3 is 14.2 Å². The molecule has 0 atom stereocenters. The van der Waals surface area contributed by atoms with E-state index in [0.717, 1.165) is 5.56 Å². The summed E-state index contributed by atoms with van der Waals surface area (Å²) < 4.78 is 28.8. The molecule has 3 rings (SSSR count). The fourth-order valence-corrected chi connectivity index (χ4v) is 1.90. The molecule has 1 aliphatic rings. The van der Waals surface area contributed by atoms with Crippen LogP contribution >= 0.6 is 0 Å². The molecular weight excluding hydrogens is 263 g/mol. The monoisotopic (exact) mass is 274 g/mol. The van der Waals surface area contributed by atoms with Gasteiger partial charge in [-0.15, -0.1) is 0 Å². The lowest BCUT2D eigenvalue weighted by atomic mass is 10.2. The van der Waals surface area contributed by atoms with Crippen LogP contribution in [0.5, 0.6) is 17.2 Å². The van der Waals surface area contributed by atoms with Crippen LogP contribution in [0.4, 0.5) is 4.39 Å². The van der Waals surface area contributed by atoms with Gasteiger partial charge in [-0.1, -0.05) is 12.1 Å². The number of fused-ring (bicyclic) bond motifs is 1. The fourth-order valence-electron chi connectivity index (χ4n) is 1.90. The van der Waals surface area contributed by atoms with Crippen molar-refractivity contribution in [3.05, 3.63) is 53.3 Å². The van der Waals surface area contributed by atoms with Gasteiger partial charge in [0.15, 0.2) is 17.8 Å². The molecule has 1 aliphatic heterocycles. The molecule has 0 radical (unpaired) electrons. The molecule has 0 saturated carbocycles. The van der Waals surface area contributed by atoms with Crippen LogP contribution in [0, 0.1) is 5.82 Å². The molecule has 0 bridgehead atoms. The summed E-state index contributed by atoms with van der Waals surface area (Å²) in [6.07, 6.45) is 0.696. The summed E-state index contributed by atoms with van der Waals surface area (Å²) in [4.78, 5) is 11.1. The minimum Gasteiger partial charge on any atom is -0.488 e. The van der Waals surface area contributed by atoms with Gasteiger partial charge in [0.1, 0.15) is 18.2 Å². The van der Waals surface area contributed by atoms with Gasteiger partial charge in [-0.25, -0.2) is 4.39 Å². The Balaban J connectivity index is 1.80. The van der Waals surface area contributed by atoms with E-state index in [4.69, 9.17) is 14.2 Å². The SMILES string of the molecule is O=Cc1cc2c(cc1OCc1ccc(F)cc1)OCO2. The maximum Gasteiger partial charge on any atom is 0.231 e. The Labute approximate surface area is 114 Å². The van der Waals surface area contributed by atoms with Crippen LogP contribution in [0.1, 0.15) is 15.9 Å². The van der Waals surface area contributed by atoms with Crippen molar-refractivity contribution in [2.45, 2.75) is 6.61 Å². The predicted octanol–water partition coefficient (Wildman–Crippen LogP) is 2.95. The van der Waals surface area contributed by atoms with Crippen LogP contribution in [0.3, 0.4) is 0 Å². The Morgan fingerprint density at radius 3 is 2.55 bits per heavy atom. The number of hydrogen-bond acceptors (Lipinski definition) is 4. The molecule has 4 nitrogen and oxygen atoms in total. The van der Waals surface area contributed by atoms with Gasteiger partial charge >= 0.3 is 0 Å². The second kappa shape index (κ2) is 5.21. The number of carbonyl (C=O) groups is 1. The fraction of sp³-hybridized carbons (Fsp3) is 0.133. The number of rotatable bonds is 4. The zero-order valence-electron chi connectivity index (χ0n) is 10.5. The molecule has 0 saturated heterocycles. The number of aldehydes is 1. The summed E-state index contributed by atoms with van der Waals surface area (Å²) in [6, 6.07) is 9.18. The third-order valence-corrected chi connectivity index (χ3v) is 2.94. The molecule has 0 spiro atoms. The van der Waals surface area contributed by atoms with Crippen molar-refractivity contribution in [2.75, 3.05) is 6.79 Å². The van der Waals surface area contributed by atoms with E-state index in [1.807, 2.05) is 0 Å². The highest BCUT2D eigenvalue weighted by atomic mass is 19.1. The Hall–Kier alpha value is -2.56. The molecule has 2 aromatic rings. The molecule has 5 heteroatoms. The zero-order valence-corrected chi connectivity index (χ0v) is 10.5. The lowest BCUT2D eigenvalue weighted by Gasteiger charge is -2.09. The molecule has 0 aromatic heterocycles. The Morgan fingerprint density at radius 1 is 1.15 bits per heavy atom. The van der Waals surface area contributed by atoms with Crippen molar-refractivity contribution in [2.24, 2.45) is 0 Å². The molecule has 2 aromatic carbocycles. The van der Waals surface area contributed by atoms with Gasteiger partial charge in [-0.05, 0) is 23.8 Å². The lowest BCUT2D eigenvalue weighted by molar-refractivity contribution is 0.111. The number of hydrogen-bond donors (Lipinski definition) is 0. The molecule has 0 amide bonds. The third-order valence-electron chi connectivity index (χ3n) is 2.94. The summed E-state index contributed by atoms with van der Waals surface area (Å²) in [7, 11) is 0. The van der Waals surface area contributed by atoms with Crippen molar-refractivity contribution in [1.82, 2.24) is 0 Å². The van der Waals surface area contributed by atoms with Crippen molar-refractivity contribution < 1.29 is 23.4 Å². The zero-order chi connectivity index (χ0) is 13.9. The molecule has 1 heterocycles. The normalized spacial score (nSPS) is 12.2. The summed E-state index contributed by atoms with van der Waals surface area (Å²) in [6.45, 7) is 0.371. The summed E-state index contributed by atoms with van der Waals surface area (Å²) >= 11 is 0. The van der Waals surface area contributed by atoms with Crippen LogP contribution in [-0.4, -0.2) is 13.1 Å². The molecule has 20 heavy (non-hydrogen) atoms. The second-order valence-electron chi connectivity index (χ2n) is 4.28. The van der Waals surface area contributed by atoms with Crippen molar-refractivity contribution in [3.8, 4) is 17.2 Å². The van der Waals surface area contributed by atoms with E-state index in [0.29, 0.717) is 29.1 Å². The highest BCUT2D eigenvalue weighted by molar-refractivity contribution is 5.81. The van der Waals surface area contributed by atoms with Crippen LogP contribution < -0.4 is 14.2 Å². The molecule has 0 fully saturated rings. The maximum absolute atomic E-state index is 12.8. The van der Waals surface area contributed by atoms with Crippen LogP contribution in [0.25, 0.3) is 0 Å². The molecule has 0 N–H and O–H groups in total. The summed E-state index contributed by atoms with van der Waals surface area (Å²) in [5, 5.41) is 0. The first kappa shape index (κ1) is 12.5. The van der Waals surface area contributed by atoms with E-state index in [9.17, 15) is 9.18 Å². The maximum atomic E-state index is 12.8. The lowest BCUT2D eigenvalue weighted by Crippen LogP contribution is -1.98. The summed E-state index contributed by atoms with van der Waals surface area (Å²) in [5.74, 6) is 1.19. The summed E-state index contributed by atoms with van der Waals surface area (Å²) in [5.41, 5.74) is 1.19. The van der Waals surface area contributed by atoms with Crippen molar-refractivity contribution in [3.63, 3.8) is 0 Å². The van der Waals surface area contributed by atoms with Crippen LogP contribution in [-0.2, 0) is 6.61 Å². The number of benzene rings is 2. The van der Waals surface area contributed by atoms with E-state index in [1.54, 1.807) is 24.3 Å². The predicted molar refractivity (Wildman–Crippen MR) is 68.7 cm³/mol. The minimum atomic E-state index is -0.301. The average Bonchev–Trinajstić information content (AvgIpc) is 2.92. The van der Waals surface area contributed by atoms with Crippen molar-refractivity contribution in [1.29, 1.82) is 0 Å². The van der Waals surface area contributed by atoms with E-state index in [2.05, 4.69) is 0 Å². The van der Waals surface area contributed by atoms with Gasteiger partial charge in [-0.2, -0.15) is 0 Å². The van der Waals surface area contributed by atoms with Crippen LogP contribution in [0.2, 0.25) is 0 Å². The Bertz CT molecular complexity index is 637. The second-order valence-corrected chi connectivity index (χ2v) is 4.28. The molecule has 102 valence electrons. The Morgan fingerprint density at radius 2 is 1.85 bits per heavy atom. The van der Waals surface area contributed by atoms with Crippen molar-refractivity contribution >= 4 is 6.29 Å². The van der Waals surface area contributed by atoms with Gasteiger partial charge in [-0.3, -0.25) is 4.79 Å². The first-order chi connectivity index (χ1) is 9.76. The number of ether oxygens (including phenoxy) is 3. The quantitative estimate of drug-likeness (QED) is 0.804. The minimum absolute atomic E-state index is 0.134. The highest BCUT2D eigenvalue weighted by Gasteiger charge is 2.17. The smallest absolute Gasteiger partial charge is 0.231 e. The van der Waals surface area contributed by atoms with E-state index in [1.165, 1.54) is 12.1 Å². The third kappa shape index (κ3) is 2.42. The molecular formula is C15H11FO4. The van der Waals surface area contributed by atoms with Gasteiger partial charge in [0.25, 0.3) is 0 Å². The average molecular weight is 274 g/mol. The Kier molecular flexibility index (Phi) is 3.25. The van der Waals surface area contributed by atoms with E-state index < -0.39 is 0 Å². The largest absolute Gasteiger partial charge is 0.488 e. The van der Waals surface area contributed by atoms with Crippen LogP contribution in [0.15, 0.2) is 36.4 Å². The standard InChI is InChI=1S/C15H11FO4/c16-12-3-1-10(2-4-12)8-18-13-6-15-14(19-9-20-15)5-11(13)7-17/h1-7H,8-9H2. The molecule has 0 aliphatic carbocycles. The number of halogens is 1. The van der Waals surface area contributed by atoms with Gasteiger partial charge in [0, 0.05) is 6.07 Å². The molecule has 0 unspecified atom stereocenters.